The van der Waals surface area contributed by atoms with Gasteiger partial charge in [-0.1, -0.05) is 36.4 Å². The van der Waals surface area contributed by atoms with Gasteiger partial charge in [-0.05, 0) is 42.3 Å². The standard InChI is InChI=1S/C16H13FO/c1-12-11-14(17)8-9-15(12)16(18)10-7-13-5-3-2-4-6-13/h2-11H,1H3. The molecule has 0 saturated carbocycles. The zero-order chi connectivity index (χ0) is 13.0. The Kier molecular flexibility index (Phi) is 3.68. The highest BCUT2D eigenvalue weighted by molar-refractivity contribution is 6.07. The second-order valence-electron chi connectivity index (χ2n) is 4.07. The first-order valence-electron chi connectivity index (χ1n) is 5.70. The molecule has 2 aromatic carbocycles. The van der Waals surface area contributed by atoms with E-state index in [2.05, 4.69) is 0 Å². The summed E-state index contributed by atoms with van der Waals surface area (Å²) in [6, 6.07) is 13.8. The maximum Gasteiger partial charge on any atom is 0.186 e. The van der Waals surface area contributed by atoms with E-state index in [-0.39, 0.29) is 11.6 Å². The van der Waals surface area contributed by atoms with Gasteiger partial charge >= 0.3 is 0 Å². The van der Waals surface area contributed by atoms with Gasteiger partial charge in [0.15, 0.2) is 5.78 Å². The van der Waals surface area contributed by atoms with Gasteiger partial charge in [-0.25, -0.2) is 4.39 Å². The summed E-state index contributed by atoms with van der Waals surface area (Å²) in [6.45, 7) is 1.73. The number of hydrogen-bond acceptors (Lipinski definition) is 1. The van der Waals surface area contributed by atoms with Crippen LogP contribution in [0.1, 0.15) is 21.5 Å². The normalized spacial score (nSPS) is 10.8. The summed E-state index contributed by atoms with van der Waals surface area (Å²) in [6.07, 6.45) is 3.26. The summed E-state index contributed by atoms with van der Waals surface area (Å²) in [7, 11) is 0. The number of allylic oxidation sites excluding steroid dienone is 1. The molecule has 0 radical (unpaired) electrons. The van der Waals surface area contributed by atoms with E-state index in [9.17, 15) is 9.18 Å². The van der Waals surface area contributed by atoms with Gasteiger partial charge in [0.1, 0.15) is 5.82 Å². The van der Waals surface area contributed by atoms with Crippen LogP contribution >= 0.6 is 0 Å². The van der Waals surface area contributed by atoms with Crippen molar-refractivity contribution in [2.75, 3.05) is 0 Å². The lowest BCUT2D eigenvalue weighted by Crippen LogP contribution is -1.98. The third-order valence-corrected chi connectivity index (χ3v) is 2.68. The molecule has 0 N–H and O–H groups in total. The lowest BCUT2D eigenvalue weighted by Gasteiger charge is -2.01. The largest absolute Gasteiger partial charge is 0.289 e. The summed E-state index contributed by atoms with van der Waals surface area (Å²) in [5.74, 6) is -0.438. The number of rotatable bonds is 3. The van der Waals surface area contributed by atoms with Crippen LogP contribution in [-0.2, 0) is 0 Å². The van der Waals surface area contributed by atoms with Crippen molar-refractivity contribution >= 4 is 11.9 Å². The maximum absolute atomic E-state index is 12.9. The molecule has 0 aromatic heterocycles. The van der Waals surface area contributed by atoms with Gasteiger partial charge < -0.3 is 0 Å². The van der Waals surface area contributed by atoms with Crippen LogP contribution in [0.5, 0.6) is 0 Å². The molecule has 0 aliphatic heterocycles. The summed E-state index contributed by atoms with van der Waals surface area (Å²) < 4.78 is 12.9. The van der Waals surface area contributed by atoms with Crippen molar-refractivity contribution < 1.29 is 9.18 Å². The average molecular weight is 240 g/mol. The molecule has 0 atom stereocenters. The van der Waals surface area contributed by atoms with Gasteiger partial charge in [-0.15, -0.1) is 0 Å². The van der Waals surface area contributed by atoms with E-state index in [0.717, 1.165) is 5.56 Å². The van der Waals surface area contributed by atoms with Crippen LogP contribution in [-0.4, -0.2) is 5.78 Å². The summed E-state index contributed by atoms with van der Waals surface area (Å²) >= 11 is 0. The van der Waals surface area contributed by atoms with Gasteiger partial charge in [0.25, 0.3) is 0 Å². The molecule has 2 rings (SSSR count). The molecule has 0 fully saturated rings. The molecule has 0 aliphatic carbocycles. The SMILES string of the molecule is Cc1cc(F)ccc1C(=O)C=Cc1ccccc1. The summed E-state index contributed by atoms with van der Waals surface area (Å²) in [5, 5.41) is 0. The number of aryl methyl sites for hydroxylation is 1. The van der Waals surface area contributed by atoms with Crippen molar-refractivity contribution in [3.8, 4) is 0 Å². The quantitative estimate of drug-likeness (QED) is 0.584. The van der Waals surface area contributed by atoms with E-state index in [1.54, 1.807) is 13.0 Å². The fourth-order valence-corrected chi connectivity index (χ4v) is 1.73. The lowest BCUT2D eigenvalue weighted by atomic mass is 10.0. The molecule has 0 bridgehead atoms. The number of carbonyl (C=O) groups excluding carboxylic acids is 1. The first-order valence-corrected chi connectivity index (χ1v) is 5.70. The molecule has 1 nitrogen and oxygen atoms in total. The van der Waals surface area contributed by atoms with E-state index >= 15 is 0 Å². The van der Waals surface area contributed by atoms with Gasteiger partial charge in [0.05, 0.1) is 0 Å². The Hall–Kier alpha value is -2.22. The zero-order valence-corrected chi connectivity index (χ0v) is 10.1. The Bertz CT molecular complexity index is 585. The monoisotopic (exact) mass is 240 g/mol. The molecule has 2 aromatic rings. The fraction of sp³-hybridized carbons (Fsp3) is 0.0625. The summed E-state index contributed by atoms with van der Waals surface area (Å²) in [4.78, 5) is 11.9. The third kappa shape index (κ3) is 2.92. The van der Waals surface area contributed by atoms with Crippen LogP contribution < -0.4 is 0 Å². The average Bonchev–Trinajstić information content (AvgIpc) is 2.37. The van der Waals surface area contributed by atoms with Crippen LogP contribution in [0, 0.1) is 12.7 Å². The highest BCUT2D eigenvalue weighted by Crippen LogP contribution is 2.12. The molecular weight excluding hydrogens is 227 g/mol. The van der Waals surface area contributed by atoms with Crippen molar-refractivity contribution in [1.29, 1.82) is 0 Å². The van der Waals surface area contributed by atoms with Crippen molar-refractivity contribution in [1.82, 2.24) is 0 Å². The van der Waals surface area contributed by atoms with Gasteiger partial charge in [-0.3, -0.25) is 4.79 Å². The molecule has 0 amide bonds. The van der Waals surface area contributed by atoms with E-state index in [1.807, 2.05) is 30.3 Å². The van der Waals surface area contributed by atoms with Crippen LogP contribution in [0.4, 0.5) is 4.39 Å². The Morgan fingerprint density at radius 1 is 1.11 bits per heavy atom. The smallest absolute Gasteiger partial charge is 0.186 e. The fourth-order valence-electron chi connectivity index (χ4n) is 1.73. The second kappa shape index (κ2) is 5.41. The van der Waals surface area contributed by atoms with Crippen molar-refractivity contribution in [2.24, 2.45) is 0 Å². The van der Waals surface area contributed by atoms with Crippen LogP contribution in [0.2, 0.25) is 0 Å². The number of carbonyl (C=O) groups is 1. The molecule has 0 unspecified atom stereocenters. The highest BCUT2D eigenvalue weighted by Gasteiger charge is 2.06. The Labute approximate surface area is 106 Å². The van der Waals surface area contributed by atoms with E-state index in [0.29, 0.717) is 11.1 Å². The summed E-state index contributed by atoms with van der Waals surface area (Å²) in [5.41, 5.74) is 2.15. The minimum atomic E-state index is -0.323. The molecule has 2 heteroatoms. The van der Waals surface area contributed by atoms with E-state index in [4.69, 9.17) is 0 Å². The van der Waals surface area contributed by atoms with Crippen LogP contribution in [0.3, 0.4) is 0 Å². The van der Waals surface area contributed by atoms with Crippen molar-refractivity contribution in [3.63, 3.8) is 0 Å². The van der Waals surface area contributed by atoms with Crippen molar-refractivity contribution in [3.05, 3.63) is 77.1 Å². The minimum Gasteiger partial charge on any atom is -0.289 e. The van der Waals surface area contributed by atoms with Crippen LogP contribution in [0.25, 0.3) is 6.08 Å². The van der Waals surface area contributed by atoms with E-state index in [1.165, 1.54) is 24.3 Å². The number of hydrogen-bond donors (Lipinski definition) is 0. The first-order chi connectivity index (χ1) is 8.66. The van der Waals surface area contributed by atoms with Gasteiger partial charge in [0, 0.05) is 5.56 Å². The molecule has 18 heavy (non-hydrogen) atoms. The Morgan fingerprint density at radius 3 is 2.50 bits per heavy atom. The molecular formula is C16H13FO. The predicted octanol–water partition coefficient (Wildman–Crippen LogP) is 4.03. The molecule has 0 spiro atoms. The number of halogens is 1. The molecule has 0 aliphatic rings. The lowest BCUT2D eigenvalue weighted by molar-refractivity contribution is 0.104. The maximum atomic E-state index is 12.9. The third-order valence-electron chi connectivity index (χ3n) is 2.68. The zero-order valence-electron chi connectivity index (χ0n) is 10.1. The Balaban J connectivity index is 2.20. The number of benzene rings is 2. The van der Waals surface area contributed by atoms with Gasteiger partial charge in [0.2, 0.25) is 0 Å². The minimum absolute atomic E-state index is 0.114. The molecule has 0 heterocycles. The van der Waals surface area contributed by atoms with E-state index < -0.39 is 0 Å². The van der Waals surface area contributed by atoms with Gasteiger partial charge in [-0.2, -0.15) is 0 Å². The predicted molar refractivity (Wildman–Crippen MR) is 70.9 cm³/mol. The second-order valence-corrected chi connectivity index (χ2v) is 4.07. The number of ketones is 1. The Morgan fingerprint density at radius 2 is 1.83 bits per heavy atom. The first kappa shape index (κ1) is 12.2. The highest BCUT2D eigenvalue weighted by atomic mass is 19.1. The molecule has 0 saturated heterocycles. The van der Waals surface area contributed by atoms with Crippen LogP contribution in [0.15, 0.2) is 54.6 Å². The molecule has 90 valence electrons. The topological polar surface area (TPSA) is 17.1 Å². The van der Waals surface area contributed by atoms with Crippen molar-refractivity contribution in [2.45, 2.75) is 6.92 Å².